The molecule has 1 amide bonds. The number of aromatic amines is 1. The molecule has 0 radical (unpaired) electrons. The highest BCUT2D eigenvalue weighted by atomic mass is 19.4. The molecule has 1 aromatic rings. The van der Waals surface area contributed by atoms with E-state index in [1.807, 2.05) is 5.32 Å². The number of methoxy groups -OCH3 is 1. The van der Waals surface area contributed by atoms with Gasteiger partial charge < -0.3 is 4.74 Å². The number of aryl methyl sites for hydroxylation is 1. The minimum absolute atomic E-state index is 0.105. The Morgan fingerprint density at radius 2 is 1.90 bits per heavy atom. The van der Waals surface area contributed by atoms with Gasteiger partial charge in [-0.25, -0.2) is 15.1 Å². The number of carbonyl (C=O) groups excluding carboxylic acids is 2. The summed E-state index contributed by atoms with van der Waals surface area (Å²) in [4.78, 5) is 25.4. The second-order valence-electron chi connectivity index (χ2n) is 4.29. The number of aromatic nitrogens is 1. The van der Waals surface area contributed by atoms with E-state index in [-0.39, 0.29) is 5.82 Å². The number of pyridine rings is 1. The van der Waals surface area contributed by atoms with Gasteiger partial charge >= 0.3 is 17.8 Å². The molecule has 1 aromatic heterocycles. The molecule has 0 aliphatic heterocycles. The second kappa shape index (κ2) is 5.98. The van der Waals surface area contributed by atoms with E-state index >= 15 is 0 Å². The lowest BCUT2D eigenvalue weighted by Gasteiger charge is -2.29. The van der Waals surface area contributed by atoms with Crippen molar-refractivity contribution in [1.82, 2.24) is 5.32 Å². The fourth-order valence-electron chi connectivity index (χ4n) is 1.67. The first-order chi connectivity index (χ1) is 9.62. The number of hydrogen-bond donors (Lipinski definition) is 2. The highest BCUT2D eigenvalue weighted by Gasteiger charge is 2.67. The molecule has 0 fully saturated rings. The van der Waals surface area contributed by atoms with Crippen molar-refractivity contribution in [2.45, 2.75) is 25.7 Å². The van der Waals surface area contributed by atoms with Crippen LogP contribution in [-0.2, 0) is 14.3 Å². The second-order valence-corrected chi connectivity index (χ2v) is 4.29. The number of amides is 1. The van der Waals surface area contributed by atoms with Crippen molar-refractivity contribution in [3.05, 3.63) is 23.9 Å². The zero-order valence-electron chi connectivity index (χ0n) is 11.6. The van der Waals surface area contributed by atoms with Gasteiger partial charge in [-0.2, -0.15) is 13.2 Å². The summed E-state index contributed by atoms with van der Waals surface area (Å²) in [5.74, 6) is -2.83. The normalized spacial score (nSPS) is 14.0. The Bertz CT molecular complexity index is 548. The molecular weight excluding hydrogens is 291 g/mol. The number of anilines is 1. The Kier molecular flexibility index (Phi) is 4.77. The van der Waals surface area contributed by atoms with Crippen LogP contribution in [0.5, 0.6) is 0 Å². The molecule has 0 saturated carbocycles. The number of halogens is 3. The molecule has 9 heteroatoms. The number of hydrogen-bond acceptors (Lipinski definition) is 4. The molecule has 0 bridgehead atoms. The maximum atomic E-state index is 13.4. The van der Waals surface area contributed by atoms with Gasteiger partial charge in [-0.15, -0.1) is 0 Å². The van der Waals surface area contributed by atoms with E-state index < -0.39 is 23.7 Å². The summed E-state index contributed by atoms with van der Waals surface area (Å²) in [7, 11) is 0.798. The van der Waals surface area contributed by atoms with Crippen molar-refractivity contribution in [2.24, 2.45) is 0 Å². The van der Waals surface area contributed by atoms with E-state index in [0.29, 0.717) is 5.69 Å². The number of carbonyl (C=O) groups is 2. The van der Waals surface area contributed by atoms with E-state index in [9.17, 15) is 22.8 Å². The number of nitrogens with one attached hydrogen (secondary N) is 3. The molecule has 0 unspecified atom stereocenters. The lowest BCUT2D eigenvalue weighted by atomic mass is 10.1. The van der Waals surface area contributed by atoms with Gasteiger partial charge in [0, 0.05) is 13.0 Å². The predicted molar refractivity (Wildman–Crippen MR) is 66.0 cm³/mol. The van der Waals surface area contributed by atoms with Gasteiger partial charge in [-0.1, -0.05) is 6.07 Å². The molecule has 0 aromatic carbocycles. The molecule has 3 N–H and O–H groups in total. The largest absolute Gasteiger partial charge is 0.464 e. The Balaban J connectivity index is 3.34. The zero-order chi connectivity index (χ0) is 16.3. The van der Waals surface area contributed by atoms with Crippen LogP contribution in [0.15, 0.2) is 18.2 Å². The third-order valence-corrected chi connectivity index (χ3v) is 2.54. The first kappa shape index (κ1) is 16.7. The minimum atomic E-state index is -5.12. The van der Waals surface area contributed by atoms with E-state index in [0.717, 1.165) is 14.0 Å². The molecule has 1 atom stereocenters. The van der Waals surface area contributed by atoms with Crippen molar-refractivity contribution < 1.29 is 32.5 Å². The number of esters is 1. The molecule has 1 rings (SSSR count). The average molecular weight is 306 g/mol. The Hall–Kier alpha value is -2.32. The molecular formula is C12H15F3N3O3+. The Labute approximate surface area is 118 Å². The molecule has 21 heavy (non-hydrogen) atoms. The van der Waals surface area contributed by atoms with Gasteiger partial charge in [0.25, 0.3) is 5.82 Å². The molecule has 6 nitrogen and oxygen atoms in total. The van der Waals surface area contributed by atoms with Crippen LogP contribution in [0.2, 0.25) is 0 Å². The van der Waals surface area contributed by atoms with Crippen LogP contribution < -0.4 is 15.6 Å². The van der Waals surface area contributed by atoms with Crippen LogP contribution in [0, 0.1) is 6.92 Å². The van der Waals surface area contributed by atoms with E-state index in [1.54, 1.807) is 18.3 Å². The van der Waals surface area contributed by atoms with E-state index in [1.165, 1.54) is 12.1 Å². The molecule has 1 heterocycles. The fourth-order valence-corrected chi connectivity index (χ4v) is 1.67. The van der Waals surface area contributed by atoms with Crippen molar-refractivity contribution >= 4 is 17.7 Å². The van der Waals surface area contributed by atoms with Gasteiger partial charge in [0.05, 0.1) is 12.8 Å². The molecule has 0 aliphatic carbocycles. The maximum absolute atomic E-state index is 13.4. The number of rotatable bonds is 4. The van der Waals surface area contributed by atoms with Gasteiger partial charge in [0.15, 0.2) is 0 Å². The number of alkyl halides is 3. The van der Waals surface area contributed by atoms with E-state index in [4.69, 9.17) is 0 Å². The standard InChI is InChI=1S/C12H14F3N3O3/c1-7-5-4-6-9(16-7)18-11(10(20)21-3,12(13,14)15)17-8(2)19/h4-6H,1-3H3,(H,16,18)(H,17,19)/p+1/t11-/m0/s1. The molecule has 116 valence electrons. The van der Waals surface area contributed by atoms with Crippen LogP contribution in [0.3, 0.4) is 0 Å². The quantitative estimate of drug-likeness (QED) is 0.636. The van der Waals surface area contributed by atoms with Crippen LogP contribution >= 0.6 is 0 Å². The average Bonchev–Trinajstić information content (AvgIpc) is 2.35. The van der Waals surface area contributed by atoms with Crippen molar-refractivity contribution in [2.75, 3.05) is 12.4 Å². The summed E-state index contributed by atoms with van der Waals surface area (Å²) < 4.78 is 44.3. The summed E-state index contributed by atoms with van der Waals surface area (Å²) in [6, 6.07) is 4.40. The van der Waals surface area contributed by atoms with E-state index in [2.05, 4.69) is 9.72 Å². The third-order valence-electron chi connectivity index (χ3n) is 2.54. The summed E-state index contributed by atoms with van der Waals surface area (Å²) >= 11 is 0. The maximum Gasteiger partial charge on any atom is 0.464 e. The summed E-state index contributed by atoms with van der Waals surface area (Å²) in [6.45, 7) is 2.49. The monoisotopic (exact) mass is 306 g/mol. The van der Waals surface area contributed by atoms with Crippen molar-refractivity contribution in [3.8, 4) is 0 Å². The highest BCUT2D eigenvalue weighted by molar-refractivity contribution is 5.90. The van der Waals surface area contributed by atoms with Crippen LogP contribution in [0.4, 0.5) is 19.0 Å². The number of H-pyrrole nitrogens is 1. The first-order valence-electron chi connectivity index (χ1n) is 5.83. The minimum Gasteiger partial charge on any atom is -0.464 e. The van der Waals surface area contributed by atoms with Crippen LogP contribution in [0.1, 0.15) is 12.6 Å². The lowest BCUT2D eigenvalue weighted by molar-refractivity contribution is -0.372. The van der Waals surface area contributed by atoms with Gasteiger partial charge in [-0.3, -0.25) is 10.1 Å². The molecule has 0 saturated heterocycles. The van der Waals surface area contributed by atoms with Crippen LogP contribution in [0.25, 0.3) is 0 Å². The van der Waals surface area contributed by atoms with Gasteiger partial charge in [0.1, 0.15) is 0 Å². The first-order valence-corrected chi connectivity index (χ1v) is 5.83. The Morgan fingerprint density at radius 1 is 1.29 bits per heavy atom. The smallest absolute Gasteiger partial charge is 0.464 e. The summed E-state index contributed by atoms with van der Waals surface area (Å²) in [6.07, 6.45) is -5.12. The third kappa shape index (κ3) is 3.61. The molecule has 0 spiro atoms. The SMILES string of the molecule is COC(=O)[C@](NC(C)=O)(Nc1cccc(C)[nH+]1)C(F)(F)F. The predicted octanol–water partition coefficient (Wildman–Crippen LogP) is 0.789. The summed E-state index contributed by atoms with van der Waals surface area (Å²) in [5.41, 5.74) is -2.82. The fraction of sp³-hybridized carbons (Fsp3) is 0.417. The van der Waals surface area contributed by atoms with Crippen LogP contribution in [-0.4, -0.2) is 30.8 Å². The Morgan fingerprint density at radius 3 is 2.33 bits per heavy atom. The molecule has 0 aliphatic rings. The topological polar surface area (TPSA) is 81.6 Å². The van der Waals surface area contributed by atoms with Crippen molar-refractivity contribution in [1.29, 1.82) is 0 Å². The van der Waals surface area contributed by atoms with Gasteiger partial charge in [-0.05, 0) is 13.0 Å². The summed E-state index contributed by atoms with van der Waals surface area (Å²) in [5, 5.41) is 3.55. The lowest BCUT2D eigenvalue weighted by Crippen LogP contribution is -2.69. The van der Waals surface area contributed by atoms with Gasteiger partial charge in [0.2, 0.25) is 5.91 Å². The van der Waals surface area contributed by atoms with Crippen molar-refractivity contribution in [3.63, 3.8) is 0 Å². The zero-order valence-corrected chi connectivity index (χ0v) is 11.6. The highest BCUT2D eigenvalue weighted by Crippen LogP contribution is 2.32. The number of ether oxygens (including phenoxy) is 1.